The first-order valence-electron chi connectivity index (χ1n) is 15.7. The molecule has 3 aromatic carbocycles. The summed E-state index contributed by atoms with van der Waals surface area (Å²) in [6, 6.07) is 24.3. The quantitative estimate of drug-likeness (QED) is 0.316. The molecule has 9 nitrogen and oxygen atoms in total. The number of urea groups is 1. The normalized spacial score (nSPS) is 23.5. The Hall–Kier alpha value is -3.31. The van der Waals surface area contributed by atoms with E-state index in [0.717, 1.165) is 72.3 Å². The lowest BCUT2D eigenvalue weighted by molar-refractivity contribution is -0.255. The summed E-state index contributed by atoms with van der Waals surface area (Å²) < 4.78 is 25.1. The van der Waals surface area contributed by atoms with E-state index in [0.29, 0.717) is 26.3 Å². The molecule has 0 unspecified atom stereocenters. The molecule has 0 radical (unpaired) electrons. The number of nitrogens with zero attached hydrogens (tertiary/aromatic N) is 1. The monoisotopic (exact) mass is 601 g/mol. The van der Waals surface area contributed by atoms with Crippen LogP contribution in [0.15, 0.2) is 72.8 Å². The van der Waals surface area contributed by atoms with Gasteiger partial charge in [-0.25, -0.2) is 4.79 Å². The highest BCUT2D eigenvalue weighted by Gasteiger charge is 2.41. The SMILES string of the molecule is CCNC(=O)NCc1ccccc1-c1ccc([C@H]2O[C@@H](CN3CCC4(CC3)OCCO4)C[C@@H](c3ccc(CO)cc3)O2)cc1. The summed E-state index contributed by atoms with van der Waals surface area (Å²) in [7, 11) is 0. The van der Waals surface area contributed by atoms with Gasteiger partial charge in [-0.15, -0.1) is 0 Å². The minimum atomic E-state index is -0.516. The van der Waals surface area contributed by atoms with Crippen molar-refractivity contribution in [1.29, 1.82) is 0 Å². The first-order valence-corrected chi connectivity index (χ1v) is 15.7. The minimum absolute atomic E-state index is 0.0154. The van der Waals surface area contributed by atoms with E-state index < -0.39 is 12.1 Å². The van der Waals surface area contributed by atoms with Gasteiger partial charge in [0.05, 0.1) is 32.0 Å². The van der Waals surface area contributed by atoms with Gasteiger partial charge in [0.2, 0.25) is 0 Å². The fourth-order valence-electron chi connectivity index (χ4n) is 6.36. The maximum atomic E-state index is 12.0. The number of carbonyl (C=O) groups is 1. The van der Waals surface area contributed by atoms with Crippen LogP contribution in [0.25, 0.3) is 11.1 Å². The maximum absolute atomic E-state index is 12.0. The molecule has 3 atom stereocenters. The Labute approximate surface area is 259 Å². The third-order valence-corrected chi connectivity index (χ3v) is 8.80. The van der Waals surface area contributed by atoms with Crippen molar-refractivity contribution < 1.29 is 28.8 Å². The molecule has 3 aliphatic rings. The second kappa shape index (κ2) is 14.2. The fraction of sp³-hybridized carbons (Fsp3) is 0.457. The summed E-state index contributed by atoms with van der Waals surface area (Å²) in [6.07, 6.45) is 1.81. The van der Waals surface area contributed by atoms with Crippen LogP contribution in [0.5, 0.6) is 0 Å². The molecule has 3 fully saturated rings. The Balaban J connectivity index is 1.17. The number of hydrogen-bond acceptors (Lipinski definition) is 7. The van der Waals surface area contributed by atoms with Gasteiger partial charge < -0.3 is 39.6 Å². The van der Waals surface area contributed by atoms with Gasteiger partial charge in [0.15, 0.2) is 12.1 Å². The van der Waals surface area contributed by atoms with Gasteiger partial charge in [0, 0.05) is 57.5 Å². The van der Waals surface area contributed by atoms with Gasteiger partial charge in [-0.2, -0.15) is 0 Å². The van der Waals surface area contributed by atoms with Crippen LogP contribution >= 0.6 is 0 Å². The summed E-state index contributed by atoms with van der Waals surface area (Å²) in [4.78, 5) is 14.4. The predicted octanol–water partition coefficient (Wildman–Crippen LogP) is 5.05. The lowest BCUT2D eigenvalue weighted by Crippen LogP contribution is -2.48. The average molecular weight is 602 g/mol. The number of amides is 2. The second-order valence-corrected chi connectivity index (χ2v) is 11.8. The van der Waals surface area contributed by atoms with Crippen molar-refractivity contribution in [3.8, 4) is 11.1 Å². The Morgan fingerprint density at radius 1 is 0.909 bits per heavy atom. The Kier molecular flexibility index (Phi) is 9.91. The molecule has 0 saturated carbocycles. The molecule has 1 spiro atoms. The van der Waals surface area contributed by atoms with Crippen LogP contribution in [0.3, 0.4) is 0 Å². The van der Waals surface area contributed by atoms with Crippen molar-refractivity contribution >= 4 is 6.03 Å². The van der Waals surface area contributed by atoms with Crippen molar-refractivity contribution in [2.75, 3.05) is 39.4 Å². The lowest BCUT2D eigenvalue weighted by Gasteiger charge is -2.41. The Morgan fingerprint density at radius 3 is 2.32 bits per heavy atom. The lowest BCUT2D eigenvalue weighted by atomic mass is 9.97. The van der Waals surface area contributed by atoms with Crippen LogP contribution < -0.4 is 10.6 Å². The largest absolute Gasteiger partial charge is 0.392 e. The van der Waals surface area contributed by atoms with E-state index in [-0.39, 0.29) is 24.8 Å². The average Bonchev–Trinajstić information content (AvgIpc) is 3.53. The Morgan fingerprint density at radius 2 is 1.61 bits per heavy atom. The second-order valence-electron chi connectivity index (χ2n) is 11.8. The molecule has 6 rings (SSSR count). The van der Waals surface area contributed by atoms with Crippen LogP contribution in [-0.2, 0) is 32.1 Å². The van der Waals surface area contributed by atoms with Crippen LogP contribution in [-0.4, -0.2) is 67.3 Å². The third kappa shape index (κ3) is 7.31. The minimum Gasteiger partial charge on any atom is -0.392 e. The number of benzene rings is 3. The first kappa shape index (κ1) is 30.7. The highest BCUT2D eigenvalue weighted by Crippen LogP contribution is 2.39. The number of likely N-dealkylation sites (tertiary alicyclic amines) is 1. The van der Waals surface area contributed by atoms with Gasteiger partial charge in [-0.1, -0.05) is 72.8 Å². The molecule has 234 valence electrons. The van der Waals surface area contributed by atoms with E-state index in [1.807, 2.05) is 49.4 Å². The predicted molar refractivity (Wildman–Crippen MR) is 167 cm³/mol. The van der Waals surface area contributed by atoms with Gasteiger partial charge >= 0.3 is 6.03 Å². The number of aliphatic hydroxyl groups is 1. The van der Waals surface area contributed by atoms with Crippen molar-refractivity contribution in [2.24, 2.45) is 0 Å². The van der Waals surface area contributed by atoms with Crippen LogP contribution in [0.4, 0.5) is 4.79 Å². The molecule has 0 aliphatic carbocycles. The molecule has 3 N–H and O–H groups in total. The number of ether oxygens (including phenoxy) is 4. The number of piperidine rings is 1. The first-order chi connectivity index (χ1) is 21.5. The summed E-state index contributed by atoms with van der Waals surface area (Å²) >= 11 is 0. The topological polar surface area (TPSA) is 102 Å². The van der Waals surface area contributed by atoms with Crippen LogP contribution in [0.1, 0.15) is 60.8 Å². The summed E-state index contributed by atoms with van der Waals surface area (Å²) in [5.74, 6) is -0.398. The third-order valence-electron chi connectivity index (χ3n) is 8.80. The zero-order valence-electron chi connectivity index (χ0n) is 25.4. The molecule has 3 aliphatic heterocycles. The number of carbonyl (C=O) groups excluding carboxylic acids is 1. The van der Waals surface area contributed by atoms with Gasteiger partial charge in [0.1, 0.15) is 0 Å². The summed E-state index contributed by atoms with van der Waals surface area (Å²) in [5.41, 5.74) is 6.09. The van der Waals surface area contributed by atoms with Crippen LogP contribution in [0, 0.1) is 0 Å². The number of nitrogens with one attached hydrogen (secondary N) is 2. The zero-order chi connectivity index (χ0) is 30.4. The molecule has 3 heterocycles. The summed E-state index contributed by atoms with van der Waals surface area (Å²) in [6.45, 7) is 6.92. The molecule has 44 heavy (non-hydrogen) atoms. The van der Waals surface area contributed by atoms with E-state index in [1.54, 1.807) is 0 Å². The molecule has 0 aromatic heterocycles. The van der Waals surface area contributed by atoms with Crippen molar-refractivity contribution in [3.05, 3.63) is 95.1 Å². The van der Waals surface area contributed by atoms with E-state index >= 15 is 0 Å². The van der Waals surface area contributed by atoms with Gasteiger partial charge in [0.25, 0.3) is 0 Å². The number of aliphatic hydroxyl groups excluding tert-OH is 1. The zero-order valence-corrected chi connectivity index (χ0v) is 25.4. The highest BCUT2D eigenvalue weighted by atomic mass is 16.7. The van der Waals surface area contributed by atoms with E-state index in [9.17, 15) is 9.90 Å². The molecule has 3 saturated heterocycles. The standard InChI is InChI=1S/C35H43N3O6/c1-2-36-34(40)37-22-29-5-3-4-6-31(29)26-11-13-28(14-12-26)33-43-30(21-32(44-33)27-9-7-25(24-39)8-10-27)23-38-17-15-35(16-18-38)41-19-20-42-35/h3-14,30,32-33,39H,2,15-24H2,1H3,(H2,36,37,40)/t30-,32+,33+/m1/s1. The molecular weight excluding hydrogens is 558 g/mol. The number of hydrogen-bond donors (Lipinski definition) is 3. The van der Waals surface area contributed by atoms with Gasteiger partial charge in [-0.3, -0.25) is 0 Å². The molecular formula is C35H43N3O6. The summed E-state index contributed by atoms with van der Waals surface area (Å²) in [5, 5.41) is 15.2. The van der Waals surface area contributed by atoms with Crippen molar-refractivity contribution in [1.82, 2.24) is 15.5 Å². The van der Waals surface area contributed by atoms with Crippen LogP contribution in [0.2, 0.25) is 0 Å². The number of rotatable bonds is 9. The maximum Gasteiger partial charge on any atom is 0.315 e. The molecule has 0 bridgehead atoms. The van der Waals surface area contributed by atoms with Crippen molar-refractivity contribution in [2.45, 2.75) is 63.6 Å². The highest BCUT2D eigenvalue weighted by molar-refractivity contribution is 5.74. The van der Waals surface area contributed by atoms with E-state index in [1.165, 1.54) is 0 Å². The molecule has 9 heteroatoms. The van der Waals surface area contributed by atoms with E-state index in [2.05, 4.69) is 45.9 Å². The molecule has 3 aromatic rings. The molecule has 2 amide bonds. The van der Waals surface area contributed by atoms with Crippen molar-refractivity contribution in [3.63, 3.8) is 0 Å². The van der Waals surface area contributed by atoms with Gasteiger partial charge in [-0.05, 0) is 34.7 Å². The fourth-order valence-corrected chi connectivity index (χ4v) is 6.36. The van der Waals surface area contributed by atoms with E-state index in [4.69, 9.17) is 18.9 Å². The Bertz CT molecular complexity index is 1370. The smallest absolute Gasteiger partial charge is 0.315 e.